The van der Waals surface area contributed by atoms with Crippen molar-refractivity contribution in [2.45, 2.75) is 32.7 Å². The molecule has 1 N–H and O–H groups in total. The predicted octanol–water partition coefficient (Wildman–Crippen LogP) is 2.36. The van der Waals surface area contributed by atoms with Crippen LogP contribution in [0.15, 0.2) is 46.7 Å². The number of Topliss-reactive ketones (excluding diaryl/α,β-unsaturated/α-hetero) is 1. The first kappa shape index (κ1) is 16.4. The number of rotatable bonds is 3. The van der Waals surface area contributed by atoms with Crippen LogP contribution < -0.4 is 0 Å². The van der Waals surface area contributed by atoms with E-state index in [4.69, 9.17) is 9.47 Å². The fraction of sp³-hybridized carbons (Fsp3) is 0.444. The zero-order valence-electron chi connectivity index (χ0n) is 14.0. The first-order valence-corrected chi connectivity index (χ1v) is 8.00. The lowest BCUT2D eigenvalue weighted by Crippen LogP contribution is -2.39. The molecule has 0 saturated heterocycles. The lowest BCUT2D eigenvalue weighted by atomic mass is 9.92. The normalized spacial score (nSPS) is 23.5. The first-order chi connectivity index (χ1) is 11.4. The highest BCUT2D eigenvalue weighted by molar-refractivity contribution is 6.03. The van der Waals surface area contributed by atoms with Crippen LogP contribution in [0.5, 0.6) is 0 Å². The monoisotopic (exact) mass is 331 g/mol. The maximum absolute atomic E-state index is 12.6. The number of allylic oxidation sites excluding steroid dienone is 4. The number of carboxylic acids is 1. The molecule has 0 amide bonds. The second-order valence-corrected chi connectivity index (χ2v) is 6.44. The minimum atomic E-state index is -0.941. The standard InChI is InChI=1S/C18H21NO5/c1-10(2)14-9-24-16-7-12(23-3)6-15(20)17(16)13-5-4-11(18(21)22)8-19(13)14/h5,7-8,10,14H,4,6,9H2,1-3H3,(H,21,22)/t14-/m1/s1. The van der Waals surface area contributed by atoms with Crippen LogP contribution in [0.3, 0.4) is 0 Å². The van der Waals surface area contributed by atoms with Gasteiger partial charge >= 0.3 is 5.97 Å². The summed E-state index contributed by atoms with van der Waals surface area (Å²) in [5, 5.41) is 9.31. The Morgan fingerprint density at radius 2 is 2.21 bits per heavy atom. The maximum atomic E-state index is 12.6. The third kappa shape index (κ3) is 2.72. The summed E-state index contributed by atoms with van der Waals surface area (Å²) in [6, 6.07) is -0.0521. The summed E-state index contributed by atoms with van der Waals surface area (Å²) in [4.78, 5) is 25.9. The molecule has 0 aromatic carbocycles. The molecule has 0 fully saturated rings. The number of nitrogens with zero attached hydrogens (tertiary/aromatic N) is 1. The second kappa shape index (κ2) is 6.19. The van der Waals surface area contributed by atoms with Crippen LogP contribution in [0.1, 0.15) is 26.7 Å². The molecule has 0 unspecified atom stereocenters. The second-order valence-electron chi connectivity index (χ2n) is 6.44. The molecule has 0 spiro atoms. The fourth-order valence-corrected chi connectivity index (χ4v) is 3.19. The molecule has 1 aliphatic carbocycles. The van der Waals surface area contributed by atoms with Crippen LogP contribution >= 0.6 is 0 Å². The molecule has 6 nitrogen and oxygen atoms in total. The van der Waals surface area contributed by atoms with E-state index >= 15 is 0 Å². The van der Waals surface area contributed by atoms with E-state index in [1.807, 2.05) is 11.0 Å². The number of methoxy groups -OCH3 is 1. The van der Waals surface area contributed by atoms with Gasteiger partial charge in [-0.2, -0.15) is 0 Å². The number of carboxylic acid groups (broad SMARTS) is 1. The van der Waals surface area contributed by atoms with Gasteiger partial charge in [0.2, 0.25) is 0 Å². The molecule has 0 radical (unpaired) electrons. The molecule has 3 aliphatic rings. The van der Waals surface area contributed by atoms with Gasteiger partial charge in [0, 0.05) is 18.7 Å². The van der Waals surface area contributed by atoms with Crippen LogP contribution in [0, 0.1) is 5.92 Å². The van der Waals surface area contributed by atoms with E-state index in [-0.39, 0.29) is 30.6 Å². The number of ether oxygens (including phenoxy) is 2. The van der Waals surface area contributed by atoms with Crippen molar-refractivity contribution in [3.8, 4) is 0 Å². The van der Waals surface area contributed by atoms with E-state index in [0.717, 1.165) is 5.70 Å². The Morgan fingerprint density at radius 3 is 2.83 bits per heavy atom. The van der Waals surface area contributed by atoms with Crippen molar-refractivity contribution in [3.63, 3.8) is 0 Å². The predicted molar refractivity (Wildman–Crippen MR) is 86.6 cm³/mol. The van der Waals surface area contributed by atoms with E-state index in [2.05, 4.69) is 13.8 Å². The average molecular weight is 331 g/mol. The lowest BCUT2D eigenvalue weighted by Gasteiger charge is -2.35. The molecule has 128 valence electrons. The molecule has 0 saturated carbocycles. The van der Waals surface area contributed by atoms with Gasteiger partial charge in [0.05, 0.1) is 36.4 Å². The lowest BCUT2D eigenvalue weighted by molar-refractivity contribution is -0.132. The highest BCUT2D eigenvalue weighted by atomic mass is 16.5. The van der Waals surface area contributed by atoms with Gasteiger partial charge < -0.3 is 19.5 Å². The topological polar surface area (TPSA) is 76.1 Å². The van der Waals surface area contributed by atoms with Crippen molar-refractivity contribution in [2.75, 3.05) is 13.7 Å². The zero-order valence-corrected chi connectivity index (χ0v) is 14.0. The van der Waals surface area contributed by atoms with Crippen molar-refractivity contribution < 1.29 is 24.2 Å². The van der Waals surface area contributed by atoms with E-state index in [0.29, 0.717) is 29.3 Å². The van der Waals surface area contributed by atoms with Gasteiger partial charge in [0.25, 0.3) is 0 Å². The molecular weight excluding hydrogens is 310 g/mol. The Morgan fingerprint density at radius 1 is 1.46 bits per heavy atom. The Kier molecular flexibility index (Phi) is 4.22. The van der Waals surface area contributed by atoms with Crippen molar-refractivity contribution in [1.82, 2.24) is 4.90 Å². The van der Waals surface area contributed by atoms with Gasteiger partial charge in [0.1, 0.15) is 18.1 Å². The molecule has 3 rings (SSSR count). The number of fused-ring (bicyclic) bond motifs is 2. The summed E-state index contributed by atoms with van der Waals surface area (Å²) in [5.74, 6) is 0.294. The number of carbonyl (C=O) groups excluding carboxylic acids is 1. The molecular formula is C18H21NO5. The summed E-state index contributed by atoms with van der Waals surface area (Å²) in [6.45, 7) is 4.48. The van der Waals surface area contributed by atoms with E-state index in [1.54, 1.807) is 12.3 Å². The van der Waals surface area contributed by atoms with Crippen molar-refractivity contribution in [2.24, 2.45) is 5.92 Å². The highest BCUT2D eigenvalue weighted by Gasteiger charge is 2.37. The number of ketones is 1. The molecule has 0 aromatic heterocycles. The van der Waals surface area contributed by atoms with Gasteiger partial charge in [-0.05, 0) is 5.92 Å². The van der Waals surface area contributed by atoms with Gasteiger partial charge in [-0.25, -0.2) is 4.79 Å². The quantitative estimate of drug-likeness (QED) is 0.855. The molecule has 24 heavy (non-hydrogen) atoms. The number of hydrogen-bond acceptors (Lipinski definition) is 5. The van der Waals surface area contributed by atoms with Crippen LogP contribution in [0.2, 0.25) is 0 Å². The minimum absolute atomic E-state index is 0.0521. The Balaban J connectivity index is 2.10. The molecule has 0 aromatic rings. The van der Waals surface area contributed by atoms with Gasteiger partial charge in [-0.15, -0.1) is 0 Å². The Hall–Kier alpha value is -2.50. The van der Waals surface area contributed by atoms with Crippen LogP contribution in [-0.4, -0.2) is 41.5 Å². The Bertz CT molecular complexity index is 711. The third-order valence-corrected chi connectivity index (χ3v) is 4.57. The van der Waals surface area contributed by atoms with Gasteiger partial charge in [0.15, 0.2) is 5.78 Å². The molecule has 2 aliphatic heterocycles. The van der Waals surface area contributed by atoms with Gasteiger partial charge in [-0.3, -0.25) is 4.79 Å². The average Bonchev–Trinajstić information content (AvgIpc) is 2.70. The highest BCUT2D eigenvalue weighted by Crippen LogP contribution is 2.37. The van der Waals surface area contributed by atoms with Crippen LogP contribution in [0.25, 0.3) is 0 Å². The van der Waals surface area contributed by atoms with Gasteiger partial charge in [-0.1, -0.05) is 19.9 Å². The summed E-state index contributed by atoms with van der Waals surface area (Å²) in [6.07, 6.45) is 5.69. The number of carbonyl (C=O) groups is 2. The van der Waals surface area contributed by atoms with Crippen LogP contribution in [0.4, 0.5) is 0 Å². The smallest absolute Gasteiger partial charge is 0.333 e. The third-order valence-electron chi connectivity index (χ3n) is 4.57. The molecule has 6 heteroatoms. The van der Waals surface area contributed by atoms with E-state index < -0.39 is 5.97 Å². The SMILES string of the molecule is COC1=CC2=C(C(=O)C1)C1=CCC(C(=O)O)=CN1[C@@H](C(C)C)CO2. The fourth-order valence-electron chi connectivity index (χ4n) is 3.19. The maximum Gasteiger partial charge on any atom is 0.333 e. The largest absolute Gasteiger partial charge is 0.500 e. The summed E-state index contributed by atoms with van der Waals surface area (Å²) < 4.78 is 11.1. The first-order valence-electron chi connectivity index (χ1n) is 8.00. The summed E-state index contributed by atoms with van der Waals surface area (Å²) in [5.41, 5.74) is 1.56. The Labute approximate surface area is 140 Å². The van der Waals surface area contributed by atoms with Crippen LogP contribution in [-0.2, 0) is 19.1 Å². The van der Waals surface area contributed by atoms with Crippen molar-refractivity contribution in [3.05, 3.63) is 46.7 Å². The zero-order chi connectivity index (χ0) is 17.4. The minimum Gasteiger partial charge on any atom is -0.500 e. The molecule has 0 bridgehead atoms. The molecule has 1 atom stereocenters. The number of hydrogen-bond donors (Lipinski definition) is 1. The van der Waals surface area contributed by atoms with Crippen molar-refractivity contribution >= 4 is 11.8 Å². The van der Waals surface area contributed by atoms with E-state index in [1.165, 1.54) is 7.11 Å². The summed E-state index contributed by atoms with van der Waals surface area (Å²) >= 11 is 0. The van der Waals surface area contributed by atoms with E-state index in [9.17, 15) is 14.7 Å². The van der Waals surface area contributed by atoms with Crippen molar-refractivity contribution in [1.29, 1.82) is 0 Å². The summed E-state index contributed by atoms with van der Waals surface area (Å²) in [7, 11) is 1.53. The molecule has 2 heterocycles. The number of aliphatic carboxylic acids is 1.